The molecule has 0 amide bonds. The number of nitrogens with zero attached hydrogens (tertiary/aromatic N) is 2. The van der Waals surface area contributed by atoms with Crippen LogP contribution in [-0.4, -0.2) is 24.3 Å². The third-order valence-corrected chi connectivity index (χ3v) is 6.71. The van der Waals surface area contributed by atoms with Crippen LogP contribution < -0.4 is 19.6 Å². The predicted octanol–water partition coefficient (Wildman–Crippen LogP) is 3.57. The summed E-state index contributed by atoms with van der Waals surface area (Å²) < 4.78 is 13.5. The van der Waals surface area contributed by atoms with Crippen molar-refractivity contribution in [1.82, 2.24) is 4.57 Å². The van der Waals surface area contributed by atoms with E-state index in [1.54, 1.807) is 25.5 Å². The van der Waals surface area contributed by atoms with Gasteiger partial charge >= 0.3 is 5.97 Å². The Morgan fingerprint density at radius 3 is 2.66 bits per heavy atom. The standard InChI is InChI=1S/C24H21BrN2O4S/c1-4-31-23(29)20-14(2)26-24-27(21(20)16-8-6-5-7-9-16)22(28)19(32-24)13-15-10-11-18(30-3)17(25)12-15/h5-13,21H,4H2,1-3H3/b19-13+. The fraction of sp³-hybridized carbons (Fsp3) is 0.208. The molecule has 1 aromatic heterocycles. The Bertz CT molecular complexity index is 1390. The minimum atomic E-state index is -0.601. The largest absolute Gasteiger partial charge is 0.496 e. The van der Waals surface area contributed by atoms with Crippen LogP contribution in [0.15, 0.2) is 74.1 Å². The number of carbonyl (C=O) groups is 1. The second kappa shape index (κ2) is 9.26. The van der Waals surface area contributed by atoms with Crippen molar-refractivity contribution in [1.29, 1.82) is 0 Å². The van der Waals surface area contributed by atoms with E-state index >= 15 is 0 Å². The number of thiazole rings is 1. The van der Waals surface area contributed by atoms with Gasteiger partial charge in [-0.25, -0.2) is 9.79 Å². The molecule has 0 bridgehead atoms. The highest BCUT2D eigenvalue weighted by atomic mass is 79.9. The van der Waals surface area contributed by atoms with Crippen molar-refractivity contribution in [3.63, 3.8) is 0 Å². The van der Waals surface area contributed by atoms with Crippen LogP contribution in [0.25, 0.3) is 6.08 Å². The number of hydrogen-bond acceptors (Lipinski definition) is 6. The van der Waals surface area contributed by atoms with Gasteiger partial charge in [0.25, 0.3) is 5.56 Å². The molecule has 0 saturated carbocycles. The monoisotopic (exact) mass is 512 g/mol. The molecule has 2 aromatic carbocycles. The molecule has 0 N–H and O–H groups in total. The molecule has 2 heterocycles. The molecular weight excluding hydrogens is 492 g/mol. The number of ether oxygens (including phenoxy) is 2. The molecule has 0 saturated heterocycles. The molecular formula is C24H21BrN2O4S. The van der Waals surface area contributed by atoms with Crippen molar-refractivity contribution in [2.75, 3.05) is 13.7 Å². The Morgan fingerprint density at radius 2 is 2.00 bits per heavy atom. The number of halogens is 1. The number of carbonyl (C=O) groups excluding carboxylic acids is 1. The van der Waals surface area contributed by atoms with E-state index in [0.717, 1.165) is 15.6 Å². The minimum Gasteiger partial charge on any atom is -0.496 e. The molecule has 1 unspecified atom stereocenters. The second-order valence-corrected chi connectivity index (χ2v) is 8.97. The van der Waals surface area contributed by atoms with E-state index in [4.69, 9.17) is 9.47 Å². The molecule has 3 aromatic rings. The quantitative estimate of drug-likeness (QED) is 0.490. The van der Waals surface area contributed by atoms with Gasteiger partial charge in [0.1, 0.15) is 5.75 Å². The zero-order valence-electron chi connectivity index (χ0n) is 17.8. The molecule has 32 heavy (non-hydrogen) atoms. The average Bonchev–Trinajstić information content (AvgIpc) is 3.08. The molecule has 0 fully saturated rings. The summed E-state index contributed by atoms with van der Waals surface area (Å²) in [6.45, 7) is 3.78. The zero-order valence-corrected chi connectivity index (χ0v) is 20.2. The first-order valence-electron chi connectivity index (χ1n) is 10.0. The van der Waals surface area contributed by atoms with Gasteiger partial charge in [0, 0.05) is 0 Å². The highest BCUT2D eigenvalue weighted by Gasteiger charge is 2.33. The summed E-state index contributed by atoms with van der Waals surface area (Å²) in [5.74, 6) is 0.248. The van der Waals surface area contributed by atoms with Crippen molar-refractivity contribution in [2.24, 2.45) is 4.99 Å². The summed E-state index contributed by atoms with van der Waals surface area (Å²) in [6, 6.07) is 14.5. The third-order valence-electron chi connectivity index (χ3n) is 5.11. The first-order chi connectivity index (χ1) is 15.4. The van der Waals surface area contributed by atoms with Crippen LogP contribution in [0.4, 0.5) is 0 Å². The summed E-state index contributed by atoms with van der Waals surface area (Å²) >= 11 is 4.78. The molecule has 0 radical (unpaired) electrons. The Morgan fingerprint density at radius 1 is 1.25 bits per heavy atom. The van der Waals surface area contributed by atoms with Crippen LogP contribution in [0, 0.1) is 0 Å². The molecule has 4 rings (SSSR count). The van der Waals surface area contributed by atoms with Gasteiger partial charge in [-0.15, -0.1) is 0 Å². The predicted molar refractivity (Wildman–Crippen MR) is 128 cm³/mol. The van der Waals surface area contributed by atoms with Crippen molar-refractivity contribution >= 4 is 39.3 Å². The van der Waals surface area contributed by atoms with Gasteiger partial charge in [-0.05, 0) is 59.1 Å². The lowest BCUT2D eigenvalue weighted by atomic mass is 9.96. The summed E-state index contributed by atoms with van der Waals surface area (Å²) in [7, 11) is 1.60. The maximum atomic E-state index is 13.5. The van der Waals surface area contributed by atoms with Crippen LogP contribution in [0.2, 0.25) is 0 Å². The molecule has 1 aliphatic heterocycles. The fourth-order valence-electron chi connectivity index (χ4n) is 3.67. The highest BCUT2D eigenvalue weighted by molar-refractivity contribution is 9.10. The molecule has 6 nitrogen and oxygen atoms in total. The number of methoxy groups -OCH3 is 1. The number of benzene rings is 2. The number of allylic oxidation sites excluding steroid dienone is 1. The summed E-state index contributed by atoms with van der Waals surface area (Å²) in [6.07, 6.45) is 1.82. The van der Waals surface area contributed by atoms with Gasteiger partial charge in [0.15, 0.2) is 4.80 Å². The lowest BCUT2D eigenvalue weighted by Gasteiger charge is -2.24. The molecule has 0 aliphatic carbocycles. The number of hydrogen-bond donors (Lipinski definition) is 0. The van der Waals surface area contributed by atoms with E-state index in [0.29, 0.717) is 26.4 Å². The van der Waals surface area contributed by atoms with Gasteiger partial charge in [-0.1, -0.05) is 47.7 Å². The Kier molecular flexibility index (Phi) is 6.43. The number of aromatic nitrogens is 1. The first kappa shape index (κ1) is 22.2. The van der Waals surface area contributed by atoms with Crippen LogP contribution in [0.1, 0.15) is 31.0 Å². The van der Waals surface area contributed by atoms with E-state index in [1.165, 1.54) is 11.3 Å². The van der Waals surface area contributed by atoms with Crippen LogP contribution >= 0.6 is 27.3 Å². The maximum Gasteiger partial charge on any atom is 0.338 e. The van der Waals surface area contributed by atoms with Gasteiger partial charge in [0.2, 0.25) is 0 Å². The van der Waals surface area contributed by atoms with E-state index in [-0.39, 0.29) is 12.2 Å². The first-order valence-corrected chi connectivity index (χ1v) is 11.6. The summed E-state index contributed by atoms with van der Waals surface area (Å²) in [4.78, 5) is 31.5. The molecule has 1 atom stereocenters. The number of fused-ring (bicyclic) bond motifs is 1. The normalized spacial score (nSPS) is 15.9. The van der Waals surface area contributed by atoms with Crippen LogP contribution in [-0.2, 0) is 9.53 Å². The lowest BCUT2D eigenvalue weighted by molar-refractivity contribution is -0.139. The SMILES string of the molecule is CCOC(=O)C1=C(C)N=c2s/c(=C/c3ccc(OC)c(Br)c3)c(=O)n2C1c1ccccc1. The maximum absolute atomic E-state index is 13.5. The van der Waals surface area contributed by atoms with Crippen molar-refractivity contribution in [2.45, 2.75) is 19.9 Å². The fourth-order valence-corrected chi connectivity index (χ4v) is 5.27. The second-order valence-electron chi connectivity index (χ2n) is 7.11. The minimum absolute atomic E-state index is 0.205. The van der Waals surface area contributed by atoms with Crippen molar-refractivity contribution in [3.8, 4) is 5.75 Å². The molecule has 164 valence electrons. The number of esters is 1. The van der Waals surface area contributed by atoms with Crippen molar-refractivity contribution in [3.05, 3.63) is 95.1 Å². The summed E-state index contributed by atoms with van der Waals surface area (Å²) in [5, 5.41) is 0. The van der Waals surface area contributed by atoms with Gasteiger partial charge in [0.05, 0.1) is 40.0 Å². The topological polar surface area (TPSA) is 69.9 Å². The lowest BCUT2D eigenvalue weighted by Crippen LogP contribution is -2.39. The van der Waals surface area contributed by atoms with E-state index in [9.17, 15) is 9.59 Å². The molecule has 0 spiro atoms. The van der Waals surface area contributed by atoms with Gasteiger partial charge in [-0.3, -0.25) is 9.36 Å². The van der Waals surface area contributed by atoms with Crippen LogP contribution in [0.5, 0.6) is 5.75 Å². The summed E-state index contributed by atoms with van der Waals surface area (Å²) in [5.41, 5.74) is 2.40. The van der Waals surface area contributed by atoms with E-state index in [2.05, 4.69) is 20.9 Å². The zero-order chi connectivity index (χ0) is 22.8. The Balaban J connectivity index is 1.92. The third kappa shape index (κ3) is 4.08. The van der Waals surface area contributed by atoms with Crippen LogP contribution in [0.3, 0.4) is 0 Å². The smallest absolute Gasteiger partial charge is 0.338 e. The number of rotatable bonds is 5. The van der Waals surface area contributed by atoms with E-state index in [1.807, 2.05) is 54.6 Å². The van der Waals surface area contributed by atoms with E-state index < -0.39 is 12.0 Å². The van der Waals surface area contributed by atoms with Gasteiger partial charge < -0.3 is 9.47 Å². The average molecular weight is 513 g/mol. The highest BCUT2D eigenvalue weighted by Crippen LogP contribution is 2.30. The molecule has 8 heteroatoms. The van der Waals surface area contributed by atoms with Gasteiger partial charge in [-0.2, -0.15) is 0 Å². The Hall–Kier alpha value is -2.97. The Labute approximate surface area is 197 Å². The molecule has 1 aliphatic rings. The van der Waals surface area contributed by atoms with Crippen molar-refractivity contribution < 1.29 is 14.3 Å².